The van der Waals surface area contributed by atoms with E-state index in [9.17, 15) is 31.2 Å². The molecule has 14 heteroatoms. The second kappa shape index (κ2) is 9.30. The molecule has 2 aliphatic rings. The minimum Gasteiger partial charge on any atom is -0.456 e. The van der Waals surface area contributed by atoms with E-state index in [1.54, 1.807) is 6.92 Å². The average molecular weight is 496 g/mol. The molecule has 2 aliphatic heterocycles. The smallest absolute Gasteiger partial charge is 0.303 e. The van der Waals surface area contributed by atoms with Crippen LogP contribution in [0.2, 0.25) is 0 Å². The van der Waals surface area contributed by atoms with E-state index in [0.717, 1.165) is 11.8 Å². The van der Waals surface area contributed by atoms with Gasteiger partial charge in [0.2, 0.25) is 15.9 Å². The lowest BCUT2D eigenvalue weighted by Gasteiger charge is -2.33. The van der Waals surface area contributed by atoms with Crippen molar-refractivity contribution in [2.75, 3.05) is 26.7 Å². The Morgan fingerprint density at radius 1 is 1.29 bits per heavy atom. The van der Waals surface area contributed by atoms with E-state index >= 15 is 0 Å². The van der Waals surface area contributed by atoms with Gasteiger partial charge in [0.25, 0.3) is 5.91 Å². The lowest BCUT2D eigenvalue weighted by Crippen LogP contribution is -2.47. The molecule has 0 saturated carbocycles. The van der Waals surface area contributed by atoms with Crippen LogP contribution >= 0.6 is 11.8 Å². The van der Waals surface area contributed by atoms with Gasteiger partial charge in [-0.15, -0.1) is 0 Å². The lowest BCUT2D eigenvalue weighted by molar-refractivity contribution is -0.151. The Labute approximate surface area is 185 Å². The van der Waals surface area contributed by atoms with Gasteiger partial charge in [0, 0.05) is 20.5 Å². The van der Waals surface area contributed by atoms with Gasteiger partial charge in [-0.05, 0) is 31.9 Å². The molecule has 0 saturated heterocycles. The van der Waals surface area contributed by atoms with Crippen molar-refractivity contribution in [1.29, 1.82) is 0 Å². The highest BCUT2D eigenvalue weighted by Gasteiger charge is 2.45. The Kier molecular flexibility index (Phi) is 7.61. The van der Waals surface area contributed by atoms with Gasteiger partial charge in [-0.25, -0.2) is 22.0 Å². The molecule has 0 bridgehead atoms. The van der Waals surface area contributed by atoms with Crippen LogP contribution in [0, 0.1) is 0 Å². The molecule has 0 fully saturated rings. The monoisotopic (exact) mass is 495 g/mol. The van der Waals surface area contributed by atoms with Crippen molar-refractivity contribution < 1.29 is 36.0 Å². The predicted octanol–water partition coefficient (Wildman–Crippen LogP) is -0.480. The fraction of sp³-hybridized carbons (Fsp3) is 0.588. The molecule has 0 aromatic rings. The van der Waals surface area contributed by atoms with Crippen molar-refractivity contribution in [3.63, 3.8) is 0 Å². The first-order chi connectivity index (χ1) is 14.2. The van der Waals surface area contributed by atoms with Gasteiger partial charge in [-0.3, -0.25) is 14.4 Å². The van der Waals surface area contributed by atoms with Gasteiger partial charge < -0.3 is 14.5 Å². The van der Waals surface area contributed by atoms with Crippen LogP contribution in [0.4, 0.5) is 0 Å². The maximum Gasteiger partial charge on any atom is 0.303 e. The molecule has 11 nitrogen and oxygen atoms in total. The van der Waals surface area contributed by atoms with Gasteiger partial charge in [0.1, 0.15) is 8.47 Å². The minimum absolute atomic E-state index is 0.0953. The summed E-state index contributed by atoms with van der Waals surface area (Å²) in [5.74, 6) is -1.77. The molecule has 0 aliphatic carbocycles. The first-order valence-corrected chi connectivity index (χ1v) is 13.2. The van der Waals surface area contributed by atoms with Crippen molar-refractivity contribution >= 4 is 49.4 Å². The van der Waals surface area contributed by atoms with Crippen LogP contribution < -0.4 is 5.14 Å². The van der Waals surface area contributed by atoms with Crippen molar-refractivity contribution in [2.24, 2.45) is 5.14 Å². The van der Waals surface area contributed by atoms with Gasteiger partial charge in [0.15, 0.2) is 16.4 Å². The number of nitrogens with zero attached hydrogens (tertiary/aromatic N) is 2. The van der Waals surface area contributed by atoms with Crippen LogP contribution in [-0.4, -0.2) is 82.5 Å². The number of ether oxygens (including phenoxy) is 1. The van der Waals surface area contributed by atoms with E-state index in [1.807, 2.05) is 0 Å². The second-order valence-corrected chi connectivity index (χ2v) is 12.6. The molecule has 174 valence electrons. The maximum absolute atomic E-state index is 12.9. The summed E-state index contributed by atoms with van der Waals surface area (Å²) in [7, 11) is -6.60. The van der Waals surface area contributed by atoms with E-state index in [4.69, 9.17) is 5.14 Å². The number of likely N-dealkylation sites (N-methyl/N-ethyl adjacent to an activating group) is 2. The van der Waals surface area contributed by atoms with Crippen LogP contribution in [0.25, 0.3) is 0 Å². The number of esters is 1. The van der Waals surface area contributed by atoms with E-state index < -0.39 is 55.5 Å². The Balaban J connectivity index is 2.35. The average Bonchev–Trinajstić information content (AvgIpc) is 2.88. The van der Waals surface area contributed by atoms with Gasteiger partial charge >= 0.3 is 5.97 Å². The maximum atomic E-state index is 12.9. The number of amides is 2. The van der Waals surface area contributed by atoms with Crippen molar-refractivity contribution in [1.82, 2.24) is 9.80 Å². The molecule has 0 unspecified atom stereocenters. The summed E-state index contributed by atoms with van der Waals surface area (Å²) < 4.78 is 53.5. The zero-order valence-corrected chi connectivity index (χ0v) is 20.0. The number of thioether (sulfide) groups is 1. The molecule has 0 radical (unpaired) electrons. The normalized spacial score (nSPS) is 22.4. The topological polar surface area (TPSA) is 161 Å². The summed E-state index contributed by atoms with van der Waals surface area (Å²) in [4.78, 5) is 38.2. The van der Waals surface area contributed by atoms with Crippen molar-refractivity contribution in [3.05, 3.63) is 20.1 Å². The molecule has 0 aromatic carbocycles. The van der Waals surface area contributed by atoms with Gasteiger partial charge in [-0.1, -0.05) is 11.8 Å². The highest BCUT2D eigenvalue weighted by molar-refractivity contribution is 8.27. The predicted molar refractivity (Wildman–Crippen MR) is 114 cm³/mol. The third-order valence-electron chi connectivity index (χ3n) is 4.88. The number of carbonyl (C=O) groups excluding carboxylic acids is 3. The van der Waals surface area contributed by atoms with Crippen LogP contribution in [-0.2, 0) is 39.0 Å². The molecule has 2 amide bonds. The van der Waals surface area contributed by atoms with E-state index in [1.165, 1.54) is 24.9 Å². The number of primary sulfonamides is 1. The highest BCUT2D eigenvalue weighted by atomic mass is 32.3. The fourth-order valence-electron chi connectivity index (χ4n) is 3.20. The number of carbonyl (C=O) groups is 3. The van der Waals surface area contributed by atoms with E-state index in [0.29, 0.717) is 17.3 Å². The molecule has 2 heterocycles. The Hall–Kier alpha value is -1.90. The summed E-state index contributed by atoms with van der Waals surface area (Å²) in [5.41, 5.74) is 0.425. The summed E-state index contributed by atoms with van der Waals surface area (Å²) in [6.07, 6.45) is 1.42. The standard InChI is InChI=1S/C17H25N3O8S3/c1-5-20(14(22)8-19(4)15(23)9-28-11(3)21)13-7-16(31(18,26)27)29-17-12(13)6-10(2)30(17,24)25/h7,10,13H,5-6,8-9H2,1-4H3,(H2,18,26,27)/t10-,13-/m0/s1. The number of sulfone groups is 1. The first-order valence-electron chi connectivity index (χ1n) is 9.26. The first kappa shape index (κ1) is 25.4. The molecule has 0 aromatic heterocycles. The number of nitrogens with two attached hydrogens (primary N) is 1. The van der Waals surface area contributed by atoms with E-state index in [-0.39, 0.29) is 28.0 Å². The molecule has 2 rings (SSSR count). The van der Waals surface area contributed by atoms with Gasteiger partial charge in [-0.2, -0.15) is 0 Å². The zero-order chi connectivity index (χ0) is 23.7. The number of sulfonamides is 1. The summed E-state index contributed by atoms with van der Waals surface area (Å²) in [6.45, 7) is 3.54. The highest BCUT2D eigenvalue weighted by Crippen LogP contribution is 2.48. The van der Waals surface area contributed by atoms with Crippen molar-refractivity contribution in [2.45, 2.75) is 38.5 Å². The minimum atomic E-state index is -4.21. The summed E-state index contributed by atoms with van der Waals surface area (Å²) >= 11 is 0.580. The molecule has 2 atom stereocenters. The Morgan fingerprint density at radius 2 is 1.90 bits per heavy atom. The third-order valence-corrected chi connectivity index (χ3v) is 10.3. The summed E-state index contributed by atoms with van der Waals surface area (Å²) in [6, 6.07) is -0.932. The fourth-order valence-corrected chi connectivity index (χ4v) is 7.67. The molecule has 2 N–H and O–H groups in total. The largest absolute Gasteiger partial charge is 0.456 e. The second-order valence-electron chi connectivity index (χ2n) is 7.16. The Bertz CT molecular complexity index is 1060. The van der Waals surface area contributed by atoms with Crippen LogP contribution in [0.5, 0.6) is 0 Å². The Morgan fingerprint density at radius 3 is 2.42 bits per heavy atom. The van der Waals surface area contributed by atoms with Crippen LogP contribution in [0.15, 0.2) is 20.1 Å². The van der Waals surface area contributed by atoms with Crippen molar-refractivity contribution in [3.8, 4) is 0 Å². The summed E-state index contributed by atoms with van der Waals surface area (Å²) in [5, 5.41) is 4.48. The van der Waals surface area contributed by atoms with Gasteiger partial charge in [0.05, 0.1) is 17.8 Å². The number of hydrogen-bond acceptors (Lipinski definition) is 9. The third kappa shape index (κ3) is 5.48. The quantitative estimate of drug-likeness (QED) is 0.460. The zero-order valence-electron chi connectivity index (χ0n) is 17.5. The molecular weight excluding hydrogens is 470 g/mol. The molecule has 31 heavy (non-hydrogen) atoms. The molecule has 0 spiro atoms. The number of rotatable bonds is 7. The SMILES string of the molecule is CCN(C(=O)CN(C)C(=O)COC(C)=O)[C@H]1C=C(S(N)(=O)=O)SC2=C1C[C@H](C)S2(=O)=O. The lowest BCUT2D eigenvalue weighted by atomic mass is 10.0. The number of hydrogen-bond donors (Lipinski definition) is 1. The molecular formula is C17H25N3O8S3. The van der Waals surface area contributed by atoms with Crippen LogP contribution in [0.3, 0.4) is 0 Å². The van der Waals surface area contributed by atoms with E-state index in [2.05, 4.69) is 4.74 Å². The van der Waals surface area contributed by atoms with Crippen LogP contribution in [0.1, 0.15) is 27.2 Å².